The lowest BCUT2D eigenvalue weighted by atomic mass is 10.1. The Morgan fingerprint density at radius 3 is 2.81 bits per heavy atom. The van der Waals surface area contributed by atoms with Crippen molar-refractivity contribution in [2.45, 2.75) is 20.0 Å². The summed E-state index contributed by atoms with van der Waals surface area (Å²) in [6, 6.07) is 9.87. The Bertz CT molecular complexity index is 680. The minimum Gasteiger partial charge on any atom is -0.487 e. The van der Waals surface area contributed by atoms with Crippen LogP contribution in [-0.2, 0) is 13.0 Å². The van der Waals surface area contributed by atoms with E-state index in [9.17, 15) is 4.39 Å². The summed E-state index contributed by atoms with van der Waals surface area (Å²) in [4.78, 5) is 4.38. The van der Waals surface area contributed by atoms with Gasteiger partial charge in [0.1, 0.15) is 18.2 Å². The molecule has 0 aliphatic carbocycles. The maximum Gasteiger partial charge on any atom is 0.141 e. The number of hydrogen-bond acceptors (Lipinski definition) is 4. The van der Waals surface area contributed by atoms with E-state index in [0.717, 1.165) is 11.4 Å². The van der Waals surface area contributed by atoms with E-state index in [1.807, 2.05) is 25.1 Å². The number of nitrogens with zero attached hydrogens (tertiary/aromatic N) is 2. The standard InChI is InChI=1S/C16H16FN3O/c1-11-2-5-16(15(20-11)6-7-18)21-10-13-4-3-12(9-19)8-14(13)17/h2-5,8H,6-7,10,18H2,1H3. The fourth-order valence-corrected chi connectivity index (χ4v) is 1.93. The molecule has 2 rings (SSSR count). The first-order chi connectivity index (χ1) is 10.1. The summed E-state index contributed by atoms with van der Waals surface area (Å²) >= 11 is 0. The molecule has 2 N–H and O–H groups in total. The Morgan fingerprint density at radius 2 is 2.14 bits per heavy atom. The molecule has 0 saturated carbocycles. The first kappa shape index (κ1) is 14.9. The normalized spacial score (nSPS) is 10.2. The monoisotopic (exact) mass is 285 g/mol. The number of halogens is 1. The van der Waals surface area contributed by atoms with Gasteiger partial charge < -0.3 is 10.5 Å². The van der Waals surface area contributed by atoms with E-state index in [2.05, 4.69) is 4.98 Å². The summed E-state index contributed by atoms with van der Waals surface area (Å²) in [5, 5.41) is 8.71. The van der Waals surface area contributed by atoms with Gasteiger partial charge in [0.05, 0.1) is 17.3 Å². The van der Waals surface area contributed by atoms with Gasteiger partial charge in [-0.1, -0.05) is 6.07 Å². The molecular weight excluding hydrogens is 269 g/mol. The van der Waals surface area contributed by atoms with Gasteiger partial charge in [-0.2, -0.15) is 5.26 Å². The molecule has 108 valence electrons. The van der Waals surface area contributed by atoms with Crippen LogP contribution in [0.15, 0.2) is 30.3 Å². The summed E-state index contributed by atoms with van der Waals surface area (Å²) < 4.78 is 19.4. The summed E-state index contributed by atoms with van der Waals surface area (Å²) in [6.45, 7) is 2.45. The first-order valence-corrected chi connectivity index (χ1v) is 6.62. The molecule has 2 aromatic rings. The second-order valence-corrected chi connectivity index (χ2v) is 4.64. The van der Waals surface area contributed by atoms with E-state index in [-0.39, 0.29) is 12.2 Å². The van der Waals surface area contributed by atoms with Crippen LogP contribution in [0.2, 0.25) is 0 Å². The Morgan fingerprint density at radius 1 is 1.33 bits per heavy atom. The van der Waals surface area contributed by atoms with Gasteiger partial charge in [0.2, 0.25) is 0 Å². The van der Waals surface area contributed by atoms with Crippen LogP contribution in [0.25, 0.3) is 0 Å². The third-order valence-corrected chi connectivity index (χ3v) is 3.02. The van der Waals surface area contributed by atoms with Crippen molar-refractivity contribution in [2.75, 3.05) is 6.54 Å². The Kier molecular flexibility index (Phi) is 4.85. The van der Waals surface area contributed by atoms with Crippen molar-refractivity contribution < 1.29 is 9.13 Å². The molecule has 0 aliphatic rings. The highest BCUT2D eigenvalue weighted by atomic mass is 19.1. The van der Waals surface area contributed by atoms with Crippen molar-refractivity contribution in [1.82, 2.24) is 4.98 Å². The second-order valence-electron chi connectivity index (χ2n) is 4.64. The van der Waals surface area contributed by atoms with E-state index >= 15 is 0 Å². The van der Waals surface area contributed by atoms with E-state index in [0.29, 0.717) is 24.3 Å². The SMILES string of the molecule is Cc1ccc(OCc2ccc(C#N)cc2F)c(CCN)n1. The maximum absolute atomic E-state index is 13.8. The molecule has 1 aromatic carbocycles. The third-order valence-electron chi connectivity index (χ3n) is 3.02. The van der Waals surface area contributed by atoms with Crippen LogP contribution in [0.5, 0.6) is 5.75 Å². The molecule has 0 aliphatic heterocycles. The highest BCUT2D eigenvalue weighted by Gasteiger charge is 2.08. The first-order valence-electron chi connectivity index (χ1n) is 6.62. The average molecular weight is 285 g/mol. The van der Waals surface area contributed by atoms with Crippen LogP contribution in [0.4, 0.5) is 4.39 Å². The molecular formula is C16H16FN3O. The number of hydrogen-bond donors (Lipinski definition) is 1. The molecule has 0 spiro atoms. The second kappa shape index (κ2) is 6.82. The Balaban J connectivity index is 2.15. The molecule has 5 heteroatoms. The number of nitriles is 1. The van der Waals surface area contributed by atoms with Gasteiger partial charge in [-0.3, -0.25) is 4.98 Å². The van der Waals surface area contributed by atoms with Crippen LogP contribution in [0, 0.1) is 24.1 Å². The van der Waals surface area contributed by atoms with Crippen LogP contribution < -0.4 is 10.5 Å². The molecule has 0 radical (unpaired) electrons. The minimum absolute atomic E-state index is 0.0832. The third kappa shape index (κ3) is 3.77. The van der Waals surface area contributed by atoms with E-state index < -0.39 is 5.82 Å². The van der Waals surface area contributed by atoms with Crippen molar-refractivity contribution in [3.63, 3.8) is 0 Å². The minimum atomic E-state index is -0.450. The fraction of sp³-hybridized carbons (Fsp3) is 0.250. The smallest absolute Gasteiger partial charge is 0.141 e. The predicted molar refractivity (Wildman–Crippen MR) is 77.2 cm³/mol. The average Bonchev–Trinajstić information content (AvgIpc) is 2.48. The van der Waals surface area contributed by atoms with E-state index in [4.69, 9.17) is 15.7 Å². The summed E-state index contributed by atoms with van der Waals surface area (Å²) in [7, 11) is 0. The quantitative estimate of drug-likeness (QED) is 0.916. The van der Waals surface area contributed by atoms with Crippen molar-refractivity contribution >= 4 is 0 Å². The summed E-state index contributed by atoms with van der Waals surface area (Å²) in [6.07, 6.45) is 0.604. The van der Waals surface area contributed by atoms with Crippen molar-refractivity contribution in [3.05, 3.63) is 58.7 Å². The number of benzene rings is 1. The molecule has 1 aromatic heterocycles. The van der Waals surface area contributed by atoms with E-state index in [1.165, 1.54) is 6.07 Å². The number of nitrogens with two attached hydrogens (primary N) is 1. The molecule has 0 saturated heterocycles. The van der Waals surface area contributed by atoms with Crippen molar-refractivity contribution in [2.24, 2.45) is 5.73 Å². The summed E-state index contributed by atoms with van der Waals surface area (Å²) in [5.41, 5.74) is 7.90. The number of aromatic nitrogens is 1. The number of ether oxygens (including phenoxy) is 1. The Labute approximate surface area is 123 Å². The molecule has 0 fully saturated rings. The highest BCUT2D eigenvalue weighted by molar-refractivity contribution is 5.34. The van der Waals surface area contributed by atoms with Gasteiger partial charge in [-0.15, -0.1) is 0 Å². The lowest BCUT2D eigenvalue weighted by Crippen LogP contribution is -2.08. The predicted octanol–water partition coefficient (Wildman–Crippen LogP) is 2.48. The van der Waals surface area contributed by atoms with Crippen LogP contribution in [0.1, 0.15) is 22.5 Å². The zero-order valence-corrected chi connectivity index (χ0v) is 11.8. The summed E-state index contributed by atoms with van der Waals surface area (Å²) in [5.74, 6) is 0.157. The lowest BCUT2D eigenvalue weighted by Gasteiger charge is -2.11. The largest absolute Gasteiger partial charge is 0.487 e. The molecule has 0 bridgehead atoms. The molecule has 0 atom stereocenters. The zero-order valence-electron chi connectivity index (χ0n) is 11.8. The van der Waals surface area contributed by atoms with Crippen molar-refractivity contribution in [3.8, 4) is 11.8 Å². The Hall–Kier alpha value is -2.45. The number of aryl methyl sites for hydroxylation is 1. The van der Waals surface area contributed by atoms with Gasteiger partial charge in [0, 0.05) is 17.7 Å². The lowest BCUT2D eigenvalue weighted by molar-refractivity contribution is 0.295. The van der Waals surface area contributed by atoms with Crippen LogP contribution >= 0.6 is 0 Å². The maximum atomic E-state index is 13.8. The fourth-order valence-electron chi connectivity index (χ4n) is 1.93. The topological polar surface area (TPSA) is 71.9 Å². The van der Waals surface area contributed by atoms with Crippen LogP contribution in [-0.4, -0.2) is 11.5 Å². The van der Waals surface area contributed by atoms with Gasteiger partial charge >= 0.3 is 0 Å². The molecule has 0 amide bonds. The molecule has 0 unspecified atom stereocenters. The zero-order chi connectivity index (χ0) is 15.2. The van der Waals surface area contributed by atoms with Gasteiger partial charge in [-0.25, -0.2) is 4.39 Å². The molecule has 4 nitrogen and oxygen atoms in total. The van der Waals surface area contributed by atoms with E-state index in [1.54, 1.807) is 12.1 Å². The molecule has 21 heavy (non-hydrogen) atoms. The van der Waals surface area contributed by atoms with Gasteiger partial charge in [-0.05, 0) is 37.7 Å². The number of rotatable bonds is 5. The molecule has 1 heterocycles. The van der Waals surface area contributed by atoms with Crippen LogP contribution in [0.3, 0.4) is 0 Å². The van der Waals surface area contributed by atoms with Crippen molar-refractivity contribution in [1.29, 1.82) is 5.26 Å². The highest BCUT2D eigenvalue weighted by Crippen LogP contribution is 2.20. The van der Waals surface area contributed by atoms with Gasteiger partial charge in [0.25, 0.3) is 0 Å². The van der Waals surface area contributed by atoms with Gasteiger partial charge in [0.15, 0.2) is 0 Å². The number of pyridine rings is 1.